The van der Waals surface area contributed by atoms with Crippen molar-refractivity contribution in [2.75, 3.05) is 19.6 Å². The number of halogens is 4. The lowest BCUT2D eigenvalue weighted by atomic mass is 9.82. The van der Waals surface area contributed by atoms with Crippen molar-refractivity contribution in [3.8, 4) is 6.07 Å². The predicted octanol–water partition coefficient (Wildman–Crippen LogP) is 5.48. The van der Waals surface area contributed by atoms with E-state index in [0.717, 1.165) is 60.5 Å². The molecule has 2 fully saturated rings. The molecule has 2 atom stereocenters. The van der Waals surface area contributed by atoms with E-state index in [0.29, 0.717) is 43.4 Å². The number of carboxylic acid groups (broad SMARTS) is 1. The van der Waals surface area contributed by atoms with E-state index in [-0.39, 0.29) is 30.0 Å². The van der Waals surface area contributed by atoms with Gasteiger partial charge in [0.1, 0.15) is 17.7 Å². The number of carbonyl (C=O) groups excluding carboxylic acids is 2. The average Bonchev–Trinajstić information content (AvgIpc) is 3.09. The first kappa shape index (κ1) is 40.0. The molecular formula is C35H43BrF3N7O4. The van der Waals surface area contributed by atoms with E-state index in [1.54, 1.807) is 12.1 Å². The molecule has 0 radical (unpaired) electrons. The number of nitrogens with two attached hydrogens (primary N) is 1. The topological polar surface area (TPSA) is 196 Å². The average molecular weight is 763 g/mol. The van der Waals surface area contributed by atoms with Gasteiger partial charge < -0.3 is 26.4 Å². The predicted molar refractivity (Wildman–Crippen MR) is 186 cm³/mol. The molecule has 2 amide bonds. The van der Waals surface area contributed by atoms with Gasteiger partial charge in [-0.1, -0.05) is 71.6 Å². The summed E-state index contributed by atoms with van der Waals surface area (Å²) in [7, 11) is 0. The molecule has 1 aliphatic heterocycles. The smallest absolute Gasteiger partial charge is 0.475 e. The third-order valence-corrected chi connectivity index (χ3v) is 9.52. The lowest BCUT2D eigenvalue weighted by Crippen LogP contribution is -2.53. The minimum absolute atomic E-state index is 0.00167. The zero-order chi connectivity index (χ0) is 36.8. The van der Waals surface area contributed by atoms with E-state index in [2.05, 4.69) is 26.6 Å². The highest BCUT2D eigenvalue weighted by Crippen LogP contribution is 2.29. The number of nitriles is 1. The first-order valence-corrected chi connectivity index (χ1v) is 17.2. The van der Waals surface area contributed by atoms with Crippen LogP contribution in [0.4, 0.5) is 13.2 Å². The number of piperidine rings is 1. The molecule has 1 aliphatic carbocycles. The number of nitrogen functional groups attached to an aromatic ring is 1. The maximum absolute atomic E-state index is 14.0. The van der Waals surface area contributed by atoms with Gasteiger partial charge in [0.15, 0.2) is 0 Å². The highest BCUT2D eigenvalue weighted by molar-refractivity contribution is 9.10. The van der Waals surface area contributed by atoms with E-state index in [1.807, 2.05) is 47.4 Å². The van der Waals surface area contributed by atoms with Crippen LogP contribution < -0.4 is 16.4 Å². The lowest BCUT2D eigenvalue weighted by Gasteiger charge is -2.34. The quantitative estimate of drug-likeness (QED) is 0.129. The van der Waals surface area contributed by atoms with Crippen LogP contribution in [-0.4, -0.2) is 71.3 Å². The molecule has 1 saturated carbocycles. The van der Waals surface area contributed by atoms with Crippen molar-refractivity contribution in [2.24, 2.45) is 17.6 Å². The maximum Gasteiger partial charge on any atom is 0.490 e. The van der Waals surface area contributed by atoms with Crippen LogP contribution in [0, 0.1) is 34.0 Å². The Morgan fingerprint density at radius 3 is 2.18 bits per heavy atom. The number of likely N-dealkylation sites (tertiary alicyclic amines) is 1. The highest BCUT2D eigenvalue weighted by Gasteiger charge is 2.38. The van der Waals surface area contributed by atoms with Crippen molar-refractivity contribution in [2.45, 2.75) is 75.9 Å². The number of amides is 2. The molecular weight excluding hydrogens is 719 g/mol. The van der Waals surface area contributed by atoms with Crippen molar-refractivity contribution >= 4 is 45.4 Å². The van der Waals surface area contributed by atoms with E-state index >= 15 is 0 Å². The number of carboxylic acids is 1. The molecule has 2 aliphatic rings. The Balaban J connectivity index is 0.000000872. The van der Waals surface area contributed by atoms with Gasteiger partial charge in [0.05, 0.1) is 18.4 Å². The van der Waals surface area contributed by atoms with Gasteiger partial charge in [-0.15, -0.1) is 0 Å². The molecule has 4 rings (SSSR count). The van der Waals surface area contributed by atoms with E-state index in [4.69, 9.17) is 31.7 Å². The van der Waals surface area contributed by atoms with Crippen LogP contribution in [0.2, 0.25) is 0 Å². The van der Waals surface area contributed by atoms with Gasteiger partial charge in [-0.3, -0.25) is 20.4 Å². The Kier molecular flexibility index (Phi) is 15.3. The Morgan fingerprint density at radius 1 is 1.02 bits per heavy atom. The summed E-state index contributed by atoms with van der Waals surface area (Å²) in [5.41, 5.74) is 8.07. The van der Waals surface area contributed by atoms with E-state index < -0.39 is 24.1 Å². The van der Waals surface area contributed by atoms with E-state index in [9.17, 15) is 22.8 Å². The van der Waals surface area contributed by atoms with Gasteiger partial charge in [-0.25, -0.2) is 4.79 Å². The summed E-state index contributed by atoms with van der Waals surface area (Å²) < 4.78 is 32.6. The van der Waals surface area contributed by atoms with Gasteiger partial charge in [-0.2, -0.15) is 18.4 Å². The monoisotopic (exact) mass is 761 g/mol. The molecule has 11 nitrogen and oxygen atoms in total. The first-order valence-electron chi connectivity index (χ1n) is 16.5. The molecule has 270 valence electrons. The second-order valence-corrected chi connectivity index (χ2v) is 13.5. The Morgan fingerprint density at radius 2 is 1.64 bits per heavy atom. The van der Waals surface area contributed by atoms with Crippen LogP contribution in [-0.2, 0) is 20.8 Å². The molecule has 50 heavy (non-hydrogen) atoms. The normalized spacial score (nSPS) is 16.5. The Hall–Kier alpha value is -4.45. The van der Waals surface area contributed by atoms with Crippen molar-refractivity contribution < 1.29 is 32.7 Å². The third-order valence-electron chi connectivity index (χ3n) is 9.02. The summed E-state index contributed by atoms with van der Waals surface area (Å²) in [6.45, 7) is 1.96. The van der Waals surface area contributed by atoms with Gasteiger partial charge in [0.25, 0.3) is 0 Å². The Bertz CT molecular complexity index is 1530. The molecule has 7 N–H and O–H groups in total. The van der Waals surface area contributed by atoms with Crippen LogP contribution in [0.25, 0.3) is 0 Å². The molecule has 15 heteroatoms. The summed E-state index contributed by atoms with van der Waals surface area (Å²) in [4.78, 5) is 38.6. The van der Waals surface area contributed by atoms with Gasteiger partial charge in [0.2, 0.25) is 11.8 Å². The summed E-state index contributed by atoms with van der Waals surface area (Å²) in [5.74, 6) is -2.82. The number of alkyl halides is 3. The second-order valence-electron chi connectivity index (χ2n) is 12.6. The molecule has 0 spiro atoms. The fourth-order valence-electron chi connectivity index (χ4n) is 6.21. The van der Waals surface area contributed by atoms with Crippen molar-refractivity contribution in [1.82, 2.24) is 15.5 Å². The van der Waals surface area contributed by atoms with Crippen LogP contribution >= 0.6 is 15.9 Å². The fraction of sp³-hybridized carbons (Fsp3) is 0.486. The number of rotatable bonds is 11. The van der Waals surface area contributed by atoms with Gasteiger partial charge in [0, 0.05) is 29.7 Å². The number of hydrogen-bond donors (Lipinski definition) is 6. The van der Waals surface area contributed by atoms with Gasteiger partial charge in [-0.05, 0) is 67.2 Å². The number of aliphatic carboxylic acids is 1. The number of carbonyl (C=O) groups is 3. The zero-order valence-electron chi connectivity index (χ0n) is 27.6. The third kappa shape index (κ3) is 12.5. The van der Waals surface area contributed by atoms with Crippen LogP contribution in [0.1, 0.15) is 74.0 Å². The van der Waals surface area contributed by atoms with Crippen LogP contribution in [0.15, 0.2) is 53.0 Å². The standard InChI is InChI=1S/C33H42BrN7O2.C2HF3O2/c34-27-8-4-7-26(20-27)28(19-22-9-11-25(12-10-22)31(37)38)32(42)40-30(24-5-2-1-3-6-24)33(43)39-21-23-14-17-41(18-15-23)29(36)13-16-35;3-2(4,5)1(6)7/h4,7-12,20,23-24,28,30,36H,1-3,5-6,13-15,17-19,21H2,(H3,37,38)(H,39,43)(H,40,42);(H,6,7)/t28?,30-;/m0./s1. The van der Waals surface area contributed by atoms with Gasteiger partial charge >= 0.3 is 12.1 Å². The highest BCUT2D eigenvalue weighted by atomic mass is 79.9. The molecule has 1 heterocycles. The molecule has 0 bridgehead atoms. The molecule has 1 saturated heterocycles. The maximum atomic E-state index is 14.0. The number of amidine groups is 2. The lowest BCUT2D eigenvalue weighted by molar-refractivity contribution is -0.192. The Labute approximate surface area is 297 Å². The van der Waals surface area contributed by atoms with Crippen molar-refractivity contribution in [1.29, 1.82) is 16.1 Å². The number of nitrogens with zero attached hydrogens (tertiary/aromatic N) is 2. The minimum atomic E-state index is -5.08. The molecule has 2 aromatic rings. The summed E-state index contributed by atoms with van der Waals surface area (Å²) in [6, 6.07) is 16.6. The number of benzene rings is 2. The second kappa shape index (κ2) is 19.1. The van der Waals surface area contributed by atoms with Crippen LogP contribution in [0.3, 0.4) is 0 Å². The summed E-state index contributed by atoms with van der Waals surface area (Å²) >= 11 is 3.54. The summed E-state index contributed by atoms with van der Waals surface area (Å²) in [5, 5.41) is 38.1. The first-order chi connectivity index (χ1) is 23.7. The largest absolute Gasteiger partial charge is 0.490 e. The summed E-state index contributed by atoms with van der Waals surface area (Å²) in [6.07, 6.45) is 2.24. The zero-order valence-corrected chi connectivity index (χ0v) is 29.2. The van der Waals surface area contributed by atoms with Crippen LogP contribution in [0.5, 0.6) is 0 Å². The fourth-order valence-corrected chi connectivity index (χ4v) is 6.63. The minimum Gasteiger partial charge on any atom is -0.475 e. The SMILES string of the molecule is N#CCC(=N)N1CCC(CNC(=O)[C@@H](NC(=O)C(Cc2ccc(C(=N)N)cc2)c2cccc(Br)c2)C2CCCCC2)CC1.O=C(O)C(F)(F)F. The molecule has 0 aromatic heterocycles. The number of hydrogen-bond acceptors (Lipinski definition) is 6. The van der Waals surface area contributed by atoms with Crippen molar-refractivity contribution in [3.05, 3.63) is 69.7 Å². The van der Waals surface area contributed by atoms with Crippen molar-refractivity contribution in [3.63, 3.8) is 0 Å². The number of nitrogens with one attached hydrogen (secondary N) is 4. The molecule has 1 unspecified atom stereocenters. The van der Waals surface area contributed by atoms with E-state index in [1.165, 1.54) is 0 Å². The molecule has 2 aromatic carbocycles.